The lowest BCUT2D eigenvalue weighted by Gasteiger charge is -2.38. The summed E-state index contributed by atoms with van der Waals surface area (Å²) in [4.78, 5) is 15.9. The molecule has 1 aromatic carbocycles. The van der Waals surface area contributed by atoms with Crippen LogP contribution < -0.4 is 4.74 Å². The zero-order valence-corrected chi connectivity index (χ0v) is 17.8. The fourth-order valence-electron chi connectivity index (χ4n) is 1.83. The molecule has 1 unspecified atom stereocenters. The molecule has 0 saturated carbocycles. The summed E-state index contributed by atoms with van der Waals surface area (Å²) in [5.41, 5.74) is 0.881. The van der Waals surface area contributed by atoms with Gasteiger partial charge in [-0.1, -0.05) is 20.8 Å². The molecular formula is C16H22BrNO4SSi. The lowest BCUT2D eigenvalue weighted by Crippen LogP contribution is -2.47. The summed E-state index contributed by atoms with van der Waals surface area (Å²) in [5, 5.41) is 9.40. The van der Waals surface area contributed by atoms with Crippen molar-refractivity contribution >= 4 is 51.8 Å². The first-order valence-electron chi connectivity index (χ1n) is 7.59. The summed E-state index contributed by atoms with van der Waals surface area (Å²) in [6, 6.07) is 5.51. The van der Waals surface area contributed by atoms with Crippen LogP contribution in [0.5, 0.6) is 5.75 Å². The van der Waals surface area contributed by atoms with E-state index in [1.165, 1.54) is 11.3 Å². The van der Waals surface area contributed by atoms with Crippen molar-refractivity contribution in [1.82, 2.24) is 4.98 Å². The molecule has 2 rings (SSSR count). The van der Waals surface area contributed by atoms with Gasteiger partial charge in [0.2, 0.25) is 0 Å². The fraction of sp³-hybridized carbons (Fsp3) is 0.500. The van der Waals surface area contributed by atoms with Gasteiger partial charge >= 0.3 is 5.97 Å². The Morgan fingerprint density at radius 3 is 2.67 bits per heavy atom. The number of ether oxygens (including phenoxy) is 1. The molecular weight excluding hydrogens is 410 g/mol. The van der Waals surface area contributed by atoms with Gasteiger partial charge in [0.1, 0.15) is 12.4 Å². The van der Waals surface area contributed by atoms with Crippen LogP contribution in [0.15, 0.2) is 22.1 Å². The minimum Gasteiger partial charge on any atom is -0.490 e. The maximum atomic E-state index is 11.5. The number of hydrogen-bond donors (Lipinski definition) is 1. The van der Waals surface area contributed by atoms with E-state index in [-0.39, 0.29) is 11.6 Å². The fourth-order valence-corrected chi connectivity index (χ4v) is 4.49. The minimum atomic E-state index is -2.18. The number of thiazole rings is 1. The predicted molar refractivity (Wildman–Crippen MR) is 103 cm³/mol. The monoisotopic (exact) mass is 431 g/mol. The maximum Gasteiger partial charge on any atom is 0.335 e. The quantitative estimate of drug-likeness (QED) is 0.657. The van der Waals surface area contributed by atoms with Crippen molar-refractivity contribution < 1.29 is 19.1 Å². The molecule has 8 heteroatoms. The summed E-state index contributed by atoms with van der Waals surface area (Å²) >= 11 is 4.86. The highest BCUT2D eigenvalue weighted by molar-refractivity contribution is 9.11. The lowest BCUT2D eigenvalue weighted by atomic mass is 10.2. The van der Waals surface area contributed by atoms with Crippen LogP contribution in [0.3, 0.4) is 0 Å². The summed E-state index contributed by atoms with van der Waals surface area (Å²) in [6.45, 7) is 10.3. The number of nitrogens with zero attached hydrogens (tertiary/aromatic N) is 1. The van der Waals surface area contributed by atoms with E-state index in [2.05, 4.69) is 41.7 Å². The third-order valence-electron chi connectivity index (χ3n) is 4.25. The number of carboxylic acids is 1. The molecule has 1 atom stereocenters. The van der Waals surface area contributed by atoms with Crippen molar-refractivity contribution in [2.75, 3.05) is 6.61 Å². The van der Waals surface area contributed by atoms with E-state index in [4.69, 9.17) is 9.16 Å². The number of benzene rings is 1. The van der Waals surface area contributed by atoms with E-state index >= 15 is 0 Å². The summed E-state index contributed by atoms with van der Waals surface area (Å²) in [7, 11) is -2.18. The lowest BCUT2D eigenvalue weighted by molar-refractivity contribution is -0.147. The number of hydrogen-bond acceptors (Lipinski definition) is 5. The first kappa shape index (κ1) is 19.4. The second-order valence-electron chi connectivity index (χ2n) is 7.11. The van der Waals surface area contributed by atoms with Crippen molar-refractivity contribution in [3.63, 3.8) is 0 Å². The van der Waals surface area contributed by atoms with Crippen molar-refractivity contribution in [2.24, 2.45) is 0 Å². The third-order valence-corrected chi connectivity index (χ3v) is 10.2. The number of rotatable bonds is 6. The zero-order chi connectivity index (χ0) is 18.1. The van der Waals surface area contributed by atoms with Gasteiger partial charge in [-0.15, -0.1) is 11.3 Å². The molecule has 0 saturated heterocycles. The Morgan fingerprint density at radius 1 is 1.42 bits per heavy atom. The number of halogens is 1. The SMILES string of the molecule is CC(C)(C)[Si](C)(C)OC(COc1ccc2nc(Br)sc2c1)C(=O)O. The normalized spacial score (nSPS) is 13.9. The molecule has 0 bridgehead atoms. The van der Waals surface area contributed by atoms with Crippen LogP contribution in [0.25, 0.3) is 10.2 Å². The predicted octanol–water partition coefficient (Wildman–Crippen LogP) is 4.91. The van der Waals surface area contributed by atoms with Gasteiger partial charge in [-0.25, -0.2) is 9.78 Å². The highest BCUT2D eigenvalue weighted by Crippen LogP contribution is 2.37. The molecule has 0 amide bonds. The molecule has 132 valence electrons. The second-order valence-corrected chi connectivity index (χ2v) is 14.2. The molecule has 1 N–H and O–H groups in total. The average Bonchev–Trinajstić information content (AvgIpc) is 2.81. The van der Waals surface area contributed by atoms with Crippen LogP contribution >= 0.6 is 27.3 Å². The van der Waals surface area contributed by atoms with Gasteiger partial charge in [0.05, 0.1) is 10.2 Å². The first-order chi connectivity index (χ1) is 11.0. The van der Waals surface area contributed by atoms with Gasteiger partial charge in [0, 0.05) is 0 Å². The van der Waals surface area contributed by atoms with E-state index in [9.17, 15) is 9.90 Å². The van der Waals surface area contributed by atoms with Crippen molar-refractivity contribution in [1.29, 1.82) is 0 Å². The van der Waals surface area contributed by atoms with Crippen LogP contribution in [0.4, 0.5) is 0 Å². The Balaban J connectivity index is 2.09. The summed E-state index contributed by atoms with van der Waals surface area (Å²) in [6.07, 6.45) is -0.977. The van der Waals surface area contributed by atoms with Crippen molar-refractivity contribution in [3.05, 3.63) is 22.1 Å². The van der Waals surface area contributed by atoms with Crippen LogP contribution in [0.1, 0.15) is 20.8 Å². The number of carboxylic acid groups (broad SMARTS) is 1. The molecule has 0 fully saturated rings. The molecule has 1 aromatic heterocycles. The van der Waals surface area contributed by atoms with Crippen LogP contribution in [0.2, 0.25) is 18.1 Å². The standard InChI is InChI=1S/C16H22BrNO4SSi/c1-16(2,3)24(4,5)22-12(14(19)20)9-21-10-6-7-11-13(8-10)23-15(17)18-11/h6-8,12H,9H2,1-5H3,(H,19,20). The Kier molecular flexibility index (Phi) is 5.74. The number of aromatic nitrogens is 1. The average molecular weight is 432 g/mol. The van der Waals surface area contributed by atoms with E-state index in [1.807, 2.05) is 25.2 Å². The second kappa shape index (κ2) is 7.11. The van der Waals surface area contributed by atoms with Gasteiger partial charge in [-0.3, -0.25) is 0 Å². The summed E-state index contributed by atoms with van der Waals surface area (Å²) in [5.74, 6) is -0.384. The van der Waals surface area contributed by atoms with Crippen LogP contribution in [0, 0.1) is 0 Å². The summed E-state index contributed by atoms with van der Waals surface area (Å²) < 4.78 is 13.4. The van der Waals surface area contributed by atoms with Gasteiger partial charge in [0.25, 0.3) is 0 Å². The Bertz CT molecular complexity index is 741. The maximum absolute atomic E-state index is 11.5. The highest BCUT2D eigenvalue weighted by atomic mass is 79.9. The first-order valence-corrected chi connectivity index (χ1v) is 12.1. The number of fused-ring (bicyclic) bond motifs is 1. The Labute approximate surface area is 155 Å². The van der Waals surface area contributed by atoms with Gasteiger partial charge < -0.3 is 14.3 Å². The molecule has 0 aliphatic carbocycles. The molecule has 2 aromatic rings. The van der Waals surface area contributed by atoms with Gasteiger partial charge in [-0.05, 0) is 52.3 Å². The molecule has 0 spiro atoms. The molecule has 1 heterocycles. The number of aliphatic carboxylic acids is 1. The van der Waals surface area contributed by atoms with Gasteiger partial charge in [-0.2, -0.15) is 0 Å². The molecule has 5 nitrogen and oxygen atoms in total. The van der Waals surface area contributed by atoms with E-state index in [0.29, 0.717) is 5.75 Å². The van der Waals surface area contributed by atoms with Crippen molar-refractivity contribution in [3.8, 4) is 5.75 Å². The van der Waals surface area contributed by atoms with Crippen LogP contribution in [-0.2, 0) is 9.22 Å². The Hall–Kier alpha value is -0.963. The van der Waals surface area contributed by atoms with Gasteiger partial charge in [0.15, 0.2) is 18.3 Å². The third kappa shape index (κ3) is 4.56. The van der Waals surface area contributed by atoms with Crippen molar-refractivity contribution in [2.45, 2.75) is 45.0 Å². The van der Waals surface area contributed by atoms with E-state index in [0.717, 1.165) is 14.1 Å². The highest BCUT2D eigenvalue weighted by Gasteiger charge is 2.41. The number of carbonyl (C=O) groups is 1. The minimum absolute atomic E-state index is 0.0205. The smallest absolute Gasteiger partial charge is 0.335 e. The van der Waals surface area contributed by atoms with E-state index < -0.39 is 20.4 Å². The molecule has 0 aliphatic heterocycles. The molecule has 0 aliphatic rings. The van der Waals surface area contributed by atoms with Crippen LogP contribution in [-0.4, -0.2) is 37.1 Å². The molecule has 0 radical (unpaired) electrons. The Morgan fingerprint density at radius 2 is 2.08 bits per heavy atom. The topological polar surface area (TPSA) is 68.7 Å². The van der Waals surface area contributed by atoms with E-state index in [1.54, 1.807) is 6.07 Å². The molecule has 24 heavy (non-hydrogen) atoms. The zero-order valence-electron chi connectivity index (χ0n) is 14.4. The largest absolute Gasteiger partial charge is 0.490 e.